The summed E-state index contributed by atoms with van der Waals surface area (Å²) < 4.78 is 4.96. The fourth-order valence-electron chi connectivity index (χ4n) is 2.84. The van der Waals surface area contributed by atoms with E-state index in [1.807, 2.05) is 0 Å². The Balaban J connectivity index is 1.96. The minimum atomic E-state index is -0.275. The average molecular weight is 253 g/mol. The number of nitrogens with zero attached hydrogens (tertiary/aromatic N) is 1. The van der Waals surface area contributed by atoms with Gasteiger partial charge in [0.25, 0.3) is 0 Å². The molecule has 2 atom stereocenters. The first-order chi connectivity index (χ1) is 8.63. The van der Waals surface area contributed by atoms with Gasteiger partial charge in [0.05, 0.1) is 6.61 Å². The zero-order valence-electron chi connectivity index (χ0n) is 11.4. The predicted molar refractivity (Wildman–Crippen MR) is 67.9 cm³/mol. The smallest absolute Gasteiger partial charge is 0.325 e. The van der Waals surface area contributed by atoms with E-state index in [0.29, 0.717) is 12.5 Å². The Morgan fingerprint density at radius 3 is 2.44 bits per heavy atom. The van der Waals surface area contributed by atoms with Crippen LogP contribution in [0.3, 0.4) is 0 Å². The van der Waals surface area contributed by atoms with Gasteiger partial charge in [0.2, 0.25) is 5.91 Å². The quantitative estimate of drug-likeness (QED) is 0.704. The maximum absolute atomic E-state index is 12.5. The molecule has 2 unspecified atom stereocenters. The zero-order chi connectivity index (χ0) is 13.1. The van der Waals surface area contributed by atoms with Gasteiger partial charge in [-0.25, -0.2) is 0 Å². The lowest BCUT2D eigenvalue weighted by atomic mass is 9.96. The van der Waals surface area contributed by atoms with Crippen LogP contribution < -0.4 is 0 Å². The first kappa shape index (κ1) is 13.4. The molecule has 2 rings (SSSR count). The summed E-state index contributed by atoms with van der Waals surface area (Å²) in [6.07, 6.45) is 5.31. The molecular weight excluding hydrogens is 230 g/mol. The molecule has 4 nitrogen and oxygen atoms in total. The van der Waals surface area contributed by atoms with Crippen molar-refractivity contribution in [2.45, 2.75) is 52.0 Å². The van der Waals surface area contributed by atoms with E-state index < -0.39 is 0 Å². The van der Waals surface area contributed by atoms with Crippen molar-refractivity contribution in [2.75, 3.05) is 13.2 Å². The number of rotatable bonds is 5. The number of hydrogen-bond donors (Lipinski definition) is 0. The molecule has 4 heteroatoms. The van der Waals surface area contributed by atoms with Gasteiger partial charge in [0, 0.05) is 12.0 Å². The minimum Gasteiger partial charge on any atom is -0.465 e. The Hall–Kier alpha value is -1.06. The largest absolute Gasteiger partial charge is 0.465 e. The number of ether oxygens (including phenoxy) is 1. The lowest BCUT2D eigenvalue weighted by molar-refractivity contribution is -0.151. The SMILES string of the molecule is CCOC(=O)CN(C(=O)C1CCCC1C)C1CC1. The molecule has 2 fully saturated rings. The van der Waals surface area contributed by atoms with E-state index in [4.69, 9.17) is 4.74 Å². The van der Waals surface area contributed by atoms with Crippen LogP contribution in [0.5, 0.6) is 0 Å². The fraction of sp³-hybridized carbons (Fsp3) is 0.857. The van der Waals surface area contributed by atoms with Gasteiger partial charge in [-0.1, -0.05) is 13.3 Å². The Labute approximate surface area is 109 Å². The molecular formula is C14H23NO3. The summed E-state index contributed by atoms with van der Waals surface area (Å²) in [5.41, 5.74) is 0. The van der Waals surface area contributed by atoms with Crippen molar-refractivity contribution in [3.8, 4) is 0 Å². The van der Waals surface area contributed by atoms with E-state index in [0.717, 1.165) is 32.1 Å². The first-order valence-corrected chi connectivity index (χ1v) is 7.09. The van der Waals surface area contributed by atoms with Crippen LogP contribution in [-0.2, 0) is 14.3 Å². The highest BCUT2D eigenvalue weighted by molar-refractivity contribution is 5.84. The molecule has 0 radical (unpaired) electrons. The summed E-state index contributed by atoms with van der Waals surface area (Å²) in [6.45, 7) is 4.46. The summed E-state index contributed by atoms with van der Waals surface area (Å²) in [5, 5.41) is 0. The second-order valence-electron chi connectivity index (χ2n) is 5.52. The third-order valence-electron chi connectivity index (χ3n) is 4.05. The first-order valence-electron chi connectivity index (χ1n) is 7.09. The second-order valence-corrected chi connectivity index (χ2v) is 5.52. The second kappa shape index (κ2) is 5.72. The standard InChI is InChI=1S/C14H23NO3/c1-3-18-13(16)9-15(11-7-8-11)14(17)12-6-4-5-10(12)2/h10-12H,3-9H2,1-2H3. The maximum atomic E-state index is 12.5. The maximum Gasteiger partial charge on any atom is 0.325 e. The zero-order valence-corrected chi connectivity index (χ0v) is 11.4. The van der Waals surface area contributed by atoms with E-state index in [2.05, 4.69) is 6.92 Å². The van der Waals surface area contributed by atoms with E-state index in [1.54, 1.807) is 11.8 Å². The van der Waals surface area contributed by atoms with E-state index in [-0.39, 0.29) is 30.4 Å². The third-order valence-corrected chi connectivity index (χ3v) is 4.05. The van der Waals surface area contributed by atoms with Gasteiger partial charge in [0.1, 0.15) is 6.54 Å². The predicted octanol–water partition coefficient (Wildman–Crippen LogP) is 1.98. The Morgan fingerprint density at radius 2 is 1.94 bits per heavy atom. The van der Waals surface area contributed by atoms with Crippen molar-refractivity contribution in [3.63, 3.8) is 0 Å². The van der Waals surface area contributed by atoms with Crippen LogP contribution in [0.25, 0.3) is 0 Å². The Bertz CT molecular complexity index is 325. The van der Waals surface area contributed by atoms with E-state index in [9.17, 15) is 9.59 Å². The summed E-state index contributed by atoms with van der Waals surface area (Å²) in [7, 11) is 0. The molecule has 0 spiro atoms. The summed E-state index contributed by atoms with van der Waals surface area (Å²) in [6, 6.07) is 0.287. The molecule has 0 aromatic rings. The lowest BCUT2D eigenvalue weighted by Crippen LogP contribution is -2.42. The summed E-state index contributed by atoms with van der Waals surface area (Å²) >= 11 is 0. The molecule has 0 bridgehead atoms. The highest BCUT2D eigenvalue weighted by Gasteiger charge is 2.40. The monoisotopic (exact) mass is 253 g/mol. The van der Waals surface area contributed by atoms with Gasteiger partial charge in [-0.15, -0.1) is 0 Å². The van der Waals surface area contributed by atoms with Gasteiger partial charge in [-0.2, -0.15) is 0 Å². The molecule has 0 aromatic carbocycles. The molecule has 0 aromatic heterocycles. The fourth-order valence-corrected chi connectivity index (χ4v) is 2.84. The topological polar surface area (TPSA) is 46.6 Å². The number of esters is 1. The number of amides is 1. The lowest BCUT2D eigenvalue weighted by Gasteiger charge is -2.26. The van der Waals surface area contributed by atoms with Crippen LogP contribution in [0.15, 0.2) is 0 Å². The normalized spacial score (nSPS) is 27.0. The minimum absolute atomic E-state index is 0.125. The number of carbonyl (C=O) groups excluding carboxylic acids is 2. The molecule has 0 aliphatic heterocycles. The van der Waals surface area contributed by atoms with Crippen molar-refractivity contribution in [2.24, 2.45) is 11.8 Å². The molecule has 1 amide bonds. The Morgan fingerprint density at radius 1 is 1.22 bits per heavy atom. The summed E-state index contributed by atoms with van der Waals surface area (Å²) in [4.78, 5) is 25.8. The molecule has 2 aliphatic rings. The third kappa shape index (κ3) is 3.03. The molecule has 2 aliphatic carbocycles. The highest BCUT2D eigenvalue weighted by Crippen LogP contribution is 2.36. The van der Waals surface area contributed by atoms with E-state index in [1.165, 1.54) is 0 Å². The van der Waals surface area contributed by atoms with Crippen LogP contribution in [-0.4, -0.2) is 36.0 Å². The van der Waals surface area contributed by atoms with Crippen molar-refractivity contribution in [3.05, 3.63) is 0 Å². The van der Waals surface area contributed by atoms with Gasteiger partial charge in [-0.05, 0) is 38.5 Å². The van der Waals surface area contributed by atoms with Crippen LogP contribution in [0.1, 0.15) is 46.0 Å². The molecule has 2 saturated carbocycles. The molecule has 0 N–H and O–H groups in total. The number of carbonyl (C=O) groups is 2. The molecule has 18 heavy (non-hydrogen) atoms. The van der Waals surface area contributed by atoms with Crippen molar-refractivity contribution in [1.82, 2.24) is 4.90 Å². The van der Waals surface area contributed by atoms with Crippen molar-refractivity contribution in [1.29, 1.82) is 0 Å². The van der Waals surface area contributed by atoms with Gasteiger partial charge in [-0.3, -0.25) is 9.59 Å². The van der Waals surface area contributed by atoms with E-state index >= 15 is 0 Å². The molecule has 0 saturated heterocycles. The number of hydrogen-bond acceptors (Lipinski definition) is 3. The summed E-state index contributed by atoms with van der Waals surface area (Å²) in [5.74, 6) is 0.486. The van der Waals surface area contributed by atoms with Gasteiger partial charge >= 0.3 is 5.97 Å². The molecule has 102 valence electrons. The Kier molecular flexibility index (Phi) is 4.25. The molecule has 0 heterocycles. The van der Waals surface area contributed by atoms with Gasteiger partial charge in [0.15, 0.2) is 0 Å². The van der Waals surface area contributed by atoms with Crippen LogP contribution >= 0.6 is 0 Å². The van der Waals surface area contributed by atoms with Crippen molar-refractivity contribution < 1.29 is 14.3 Å². The van der Waals surface area contributed by atoms with Crippen molar-refractivity contribution >= 4 is 11.9 Å². The van der Waals surface area contributed by atoms with Crippen LogP contribution in [0, 0.1) is 11.8 Å². The van der Waals surface area contributed by atoms with Crippen LogP contribution in [0.2, 0.25) is 0 Å². The van der Waals surface area contributed by atoms with Gasteiger partial charge < -0.3 is 9.64 Å². The average Bonchev–Trinajstić information content (AvgIpc) is 3.08. The van der Waals surface area contributed by atoms with Crippen LogP contribution in [0.4, 0.5) is 0 Å². The highest BCUT2D eigenvalue weighted by atomic mass is 16.5.